The molecule has 4 nitrogen and oxygen atoms in total. The Bertz CT molecular complexity index is 540. The molecule has 0 aliphatic rings. The van der Waals surface area contributed by atoms with E-state index in [9.17, 15) is 9.59 Å². The van der Waals surface area contributed by atoms with Crippen molar-refractivity contribution in [2.75, 3.05) is 0 Å². The first kappa shape index (κ1) is 25.4. The summed E-state index contributed by atoms with van der Waals surface area (Å²) < 4.78 is 0. The van der Waals surface area contributed by atoms with E-state index in [0.717, 1.165) is 24.0 Å². The van der Waals surface area contributed by atoms with Gasteiger partial charge in [0.15, 0.2) is 0 Å². The summed E-state index contributed by atoms with van der Waals surface area (Å²) in [4.78, 5) is 21.4. The van der Waals surface area contributed by atoms with Gasteiger partial charge in [-0.25, -0.2) is 0 Å². The zero-order valence-corrected chi connectivity index (χ0v) is 15.9. The van der Waals surface area contributed by atoms with Crippen molar-refractivity contribution in [1.82, 2.24) is 0 Å². The van der Waals surface area contributed by atoms with Crippen LogP contribution in [0.15, 0.2) is 55.1 Å². The summed E-state index contributed by atoms with van der Waals surface area (Å²) in [5.41, 5.74) is 1.68. The number of carboxylic acid groups (broad SMARTS) is 2. The van der Waals surface area contributed by atoms with Crippen molar-refractivity contribution in [3.8, 4) is 0 Å². The minimum atomic E-state index is -0.772. The second kappa shape index (κ2) is 14.5. The molecule has 0 aliphatic heterocycles. The predicted octanol–water partition coefficient (Wildman–Crippen LogP) is 4.88. The topological polar surface area (TPSA) is 74.6 Å². The van der Waals surface area contributed by atoms with Gasteiger partial charge in [0, 0.05) is 16.5 Å². The average molecular weight is 391 g/mol. The minimum Gasteiger partial charge on any atom is -0.481 e. The third-order valence-electron chi connectivity index (χ3n) is 3.78. The molecule has 2 unspecified atom stereocenters. The van der Waals surface area contributed by atoms with Gasteiger partial charge in [0.1, 0.15) is 0 Å². The fraction of sp³-hybridized carbons (Fsp3) is 0.400. The van der Waals surface area contributed by atoms with E-state index in [1.54, 1.807) is 6.08 Å². The van der Waals surface area contributed by atoms with Crippen LogP contribution in [0.4, 0.5) is 0 Å². The summed E-state index contributed by atoms with van der Waals surface area (Å²) in [5, 5.41) is 17.6. The number of hydrogen-bond acceptors (Lipinski definition) is 2. The van der Waals surface area contributed by atoms with Crippen molar-refractivity contribution in [2.24, 2.45) is 5.92 Å². The van der Waals surface area contributed by atoms with Gasteiger partial charge in [0.05, 0.1) is 11.8 Å². The summed E-state index contributed by atoms with van der Waals surface area (Å²) in [7, 11) is 0. The molecule has 142 valence electrons. The zero-order chi connectivity index (χ0) is 18.5. The maximum absolute atomic E-state index is 10.7. The first-order valence-corrected chi connectivity index (χ1v) is 8.18. The van der Waals surface area contributed by atoms with Crippen LogP contribution in [-0.2, 0) is 26.1 Å². The molecule has 0 fully saturated rings. The molecule has 0 aromatic heterocycles. The average Bonchev–Trinajstić information content (AvgIpc) is 2.55. The van der Waals surface area contributed by atoms with Crippen LogP contribution in [0.3, 0.4) is 0 Å². The third-order valence-corrected chi connectivity index (χ3v) is 3.78. The smallest absolute Gasteiger partial charge is 0.310 e. The number of rotatable bonds is 9. The van der Waals surface area contributed by atoms with Crippen molar-refractivity contribution in [1.29, 1.82) is 0 Å². The molecule has 1 aromatic carbocycles. The molecule has 0 amide bonds. The molecule has 1 aromatic rings. The zero-order valence-electron chi connectivity index (χ0n) is 14.9. The Morgan fingerprint density at radius 1 is 1.08 bits per heavy atom. The Morgan fingerprint density at radius 3 is 2.00 bits per heavy atom. The number of hydrogen-bond donors (Lipinski definition) is 2. The van der Waals surface area contributed by atoms with E-state index in [1.165, 1.54) is 0 Å². The minimum absolute atomic E-state index is 0. The third kappa shape index (κ3) is 9.88. The van der Waals surface area contributed by atoms with Crippen molar-refractivity contribution in [3.63, 3.8) is 0 Å². The number of carboxylic acids is 2. The van der Waals surface area contributed by atoms with Gasteiger partial charge < -0.3 is 10.2 Å². The number of aliphatic carboxylic acids is 2. The van der Waals surface area contributed by atoms with Gasteiger partial charge >= 0.3 is 11.9 Å². The van der Waals surface area contributed by atoms with Crippen LogP contribution in [0.5, 0.6) is 0 Å². The number of allylic oxidation sites excluding steroid dienone is 1. The van der Waals surface area contributed by atoms with Crippen LogP contribution in [-0.4, -0.2) is 22.2 Å². The van der Waals surface area contributed by atoms with E-state index >= 15 is 0 Å². The molecular formula is C20H28NiO4. The van der Waals surface area contributed by atoms with E-state index in [-0.39, 0.29) is 28.3 Å². The van der Waals surface area contributed by atoms with Gasteiger partial charge in [0.2, 0.25) is 0 Å². The Kier molecular flexibility index (Phi) is 14.7. The molecule has 2 N–H and O–H groups in total. The molecule has 0 saturated heterocycles. The first-order valence-electron chi connectivity index (χ1n) is 8.18. The SMILES string of the molecule is C=CCCC(=C)C(CC)C(=O)O.CCC(C(=O)O)c1ccccc1.[Ni]. The van der Waals surface area contributed by atoms with Gasteiger partial charge in [0.25, 0.3) is 0 Å². The van der Waals surface area contributed by atoms with E-state index in [4.69, 9.17) is 10.2 Å². The Hall–Kier alpha value is -1.87. The Balaban J connectivity index is 0. The second-order valence-electron chi connectivity index (χ2n) is 5.49. The Morgan fingerprint density at radius 2 is 1.64 bits per heavy atom. The second-order valence-corrected chi connectivity index (χ2v) is 5.49. The van der Waals surface area contributed by atoms with Crippen LogP contribution in [0.25, 0.3) is 0 Å². The van der Waals surface area contributed by atoms with Crippen molar-refractivity contribution in [2.45, 2.75) is 45.4 Å². The fourth-order valence-corrected chi connectivity index (χ4v) is 2.34. The first-order chi connectivity index (χ1) is 11.4. The normalized spacial score (nSPS) is 11.8. The quantitative estimate of drug-likeness (QED) is 0.465. The molecule has 5 heteroatoms. The van der Waals surface area contributed by atoms with Crippen LogP contribution >= 0.6 is 0 Å². The summed E-state index contributed by atoms with van der Waals surface area (Å²) >= 11 is 0. The van der Waals surface area contributed by atoms with Crippen LogP contribution in [0.1, 0.15) is 51.0 Å². The summed E-state index contributed by atoms with van der Waals surface area (Å²) in [6, 6.07) is 9.31. The Labute approximate surface area is 160 Å². The van der Waals surface area contributed by atoms with Gasteiger partial charge in [-0.15, -0.1) is 6.58 Å². The van der Waals surface area contributed by atoms with Crippen LogP contribution in [0.2, 0.25) is 0 Å². The summed E-state index contributed by atoms with van der Waals surface area (Å²) in [6.45, 7) is 11.1. The van der Waals surface area contributed by atoms with Crippen molar-refractivity contribution >= 4 is 11.9 Å². The predicted molar refractivity (Wildman–Crippen MR) is 97.1 cm³/mol. The van der Waals surface area contributed by atoms with E-state index in [2.05, 4.69) is 13.2 Å². The molecule has 0 radical (unpaired) electrons. The molecule has 25 heavy (non-hydrogen) atoms. The molecular weight excluding hydrogens is 363 g/mol. The maximum atomic E-state index is 10.7. The molecule has 0 heterocycles. The fourth-order valence-electron chi connectivity index (χ4n) is 2.34. The van der Waals surface area contributed by atoms with Gasteiger partial charge in [-0.1, -0.05) is 62.4 Å². The van der Waals surface area contributed by atoms with Gasteiger partial charge in [-0.2, -0.15) is 0 Å². The standard InChI is InChI=1S/C10H12O2.C10H16O2.Ni/c1-2-9(10(11)12)8-6-4-3-5-7-8;1-4-6-7-8(3)9(5-2)10(11)12;/h3-7,9H,2H2,1H3,(H,11,12);4,9H,1,3,5-7H2,2H3,(H,11,12);. The van der Waals surface area contributed by atoms with Gasteiger partial charge in [-0.05, 0) is 31.2 Å². The van der Waals surface area contributed by atoms with Crippen molar-refractivity contribution < 1.29 is 36.3 Å². The maximum Gasteiger partial charge on any atom is 0.310 e. The molecule has 0 spiro atoms. The molecule has 0 aliphatic carbocycles. The van der Waals surface area contributed by atoms with E-state index in [0.29, 0.717) is 12.8 Å². The molecule has 0 saturated carbocycles. The number of benzene rings is 1. The van der Waals surface area contributed by atoms with Crippen LogP contribution < -0.4 is 0 Å². The molecule has 0 bridgehead atoms. The van der Waals surface area contributed by atoms with Crippen LogP contribution in [0, 0.1) is 5.92 Å². The van der Waals surface area contributed by atoms with Gasteiger partial charge in [-0.3, -0.25) is 9.59 Å². The largest absolute Gasteiger partial charge is 0.481 e. The number of carbonyl (C=O) groups is 2. The molecule has 1 rings (SSSR count). The molecule has 2 atom stereocenters. The van der Waals surface area contributed by atoms with E-state index in [1.807, 2.05) is 44.2 Å². The van der Waals surface area contributed by atoms with E-state index < -0.39 is 11.9 Å². The monoisotopic (exact) mass is 390 g/mol. The summed E-state index contributed by atoms with van der Waals surface area (Å²) in [6.07, 6.45) is 4.57. The van der Waals surface area contributed by atoms with Crippen molar-refractivity contribution in [3.05, 3.63) is 60.7 Å². The summed E-state index contributed by atoms with van der Waals surface area (Å²) in [5.74, 6) is -2.26.